The van der Waals surface area contributed by atoms with Gasteiger partial charge in [0.1, 0.15) is 18.9 Å². The third-order valence-corrected chi connectivity index (χ3v) is 3.77. The maximum absolute atomic E-state index is 12.5. The maximum Gasteiger partial charge on any atom is 0.333 e. The van der Waals surface area contributed by atoms with E-state index in [4.69, 9.17) is 9.47 Å². The van der Waals surface area contributed by atoms with Crippen molar-refractivity contribution < 1.29 is 19.1 Å². The van der Waals surface area contributed by atoms with Gasteiger partial charge in [-0.1, -0.05) is 24.3 Å². The zero-order valence-corrected chi connectivity index (χ0v) is 12.7. The van der Waals surface area contributed by atoms with Gasteiger partial charge in [0, 0.05) is 0 Å². The summed E-state index contributed by atoms with van der Waals surface area (Å²) in [5.41, 5.74) is 1.50. The second kappa shape index (κ2) is 5.73. The Morgan fingerprint density at radius 2 is 1.71 bits per heavy atom. The average Bonchev–Trinajstić information content (AvgIpc) is 2.89. The normalized spacial score (nSPS) is 18.0. The lowest BCUT2D eigenvalue weighted by molar-refractivity contribution is -0.113. The molecule has 3 amide bonds. The first kappa shape index (κ1) is 14.3. The highest BCUT2D eigenvalue weighted by Crippen LogP contribution is 2.31. The quantitative estimate of drug-likeness (QED) is 0.681. The molecule has 6 nitrogen and oxygen atoms in total. The first-order valence-electron chi connectivity index (χ1n) is 7.54. The second-order valence-corrected chi connectivity index (χ2v) is 5.37. The van der Waals surface area contributed by atoms with Crippen LogP contribution in [-0.4, -0.2) is 25.2 Å². The van der Waals surface area contributed by atoms with Crippen LogP contribution in [0.2, 0.25) is 0 Å². The molecule has 24 heavy (non-hydrogen) atoms. The molecule has 1 N–H and O–H groups in total. The first-order valence-corrected chi connectivity index (χ1v) is 7.54. The third kappa shape index (κ3) is 2.48. The molecule has 4 rings (SSSR count). The first-order chi connectivity index (χ1) is 11.7. The van der Waals surface area contributed by atoms with E-state index in [2.05, 4.69) is 5.32 Å². The Morgan fingerprint density at radius 3 is 2.50 bits per heavy atom. The number of imide groups is 1. The minimum Gasteiger partial charge on any atom is -0.486 e. The molecule has 1 fully saturated rings. The maximum atomic E-state index is 12.5. The van der Waals surface area contributed by atoms with Gasteiger partial charge < -0.3 is 14.8 Å². The van der Waals surface area contributed by atoms with E-state index in [1.54, 1.807) is 42.5 Å². The van der Waals surface area contributed by atoms with E-state index in [1.165, 1.54) is 0 Å². The Balaban J connectivity index is 1.64. The van der Waals surface area contributed by atoms with E-state index >= 15 is 0 Å². The van der Waals surface area contributed by atoms with Gasteiger partial charge in [0.05, 0.1) is 5.69 Å². The van der Waals surface area contributed by atoms with Crippen LogP contribution >= 0.6 is 0 Å². The fraction of sp³-hybridized carbons (Fsp3) is 0.111. The molecule has 0 unspecified atom stereocenters. The molecule has 2 aliphatic rings. The minimum absolute atomic E-state index is 0.223. The van der Waals surface area contributed by atoms with E-state index in [-0.39, 0.29) is 11.6 Å². The number of amides is 3. The lowest BCUT2D eigenvalue weighted by Gasteiger charge is -2.18. The predicted molar refractivity (Wildman–Crippen MR) is 87.9 cm³/mol. The Kier molecular flexibility index (Phi) is 3.42. The molecule has 0 spiro atoms. The van der Waals surface area contributed by atoms with Crippen molar-refractivity contribution in [3.8, 4) is 11.5 Å². The van der Waals surface area contributed by atoms with Gasteiger partial charge >= 0.3 is 6.03 Å². The summed E-state index contributed by atoms with van der Waals surface area (Å²) < 4.78 is 11.0. The SMILES string of the molecule is O=C1NC(=Cc2ccc3c(c2)OCCO3)C(=O)N1c1ccccc1. The highest BCUT2D eigenvalue weighted by atomic mass is 16.6. The lowest BCUT2D eigenvalue weighted by atomic mass is 10.1. The topological polar surface area (TPSA) is 67.9 Å². The second-order valence-electron chi connectivity index (χ2n) is 5.37. The van der Waals surface area contributed by atoms with Gasteiger partial charge in [-0.25, -0.2) is 9.69 Å². The van der Waals surface area contributed by atoms with Crippen molar-refractivity contribution in [1.82, 2.24) is 5.32 Å². The summed E-state index contributed by atoms with van der Waals surface area (Å²) in [6.07, 6.45) is 1.63. The Hall–Kier alpha value is -3.28. The van der Waals surface area contributed by atoms with Crippen molar-refractivity contribution in [2.24, 2.45) is 0 Å². The van der Waals surface area contributed by atoms with Crippen LogP contribution in [-0.2, 0) is 4.79 Å². The highest BCUT2D eigenvalue weighted by Gasteiger charge is 2.34. The van der Waals surface area contributed by atoms with Crippen LogP contribution in [0.3, 0.4) is 0 Å². The number of para-hydroxylation sites is 1. The number of ether oxygens (including phenoxy) is 2. The molecule has 0 aliphatic carbocycles. The Bertz CT molecular complexity index is 845. The van der Waals surface area contributed by atoms with Crippen molar-refractivity contribution in [3.05, 3.63) is 59.8 Å². The number of benzene rings is 2. The smallest absolute Gasteiger partial charge is 0.333 e. The minimum atomic E-state index is -0.463. The van der Waals surface area contributed by atoms with E-state index in [9.17, 15) is 9.59 Å². The van der Waals surface area contributed by atoms with Crippen molar-refractivity contribution in [2.75, 3.05) is 18.1 Å². The van der Waals surface area contributed by atoms with E-state index < -0.39 is 6.03 Å². The Labute approximate surface area is 138 Å². The summed E-state index contributed by atoms with van der Waals surface area (Å²) in [5, 5.41) is 2.61. The van der Waals surface area contributed by atoms with Gasteiger partial charge in [-0.05, 0) is 35.9 Å². The van der Waals surface area contributed by atoms with Crippen molar-refractivity contribution in [2.45, 2.75) is 0 Å². The predicted octanol–water partition coefficient (Wildman–Crippen LogP) is 2.56. The number of carbonyl (C=O) groups is 2. The molecule has 0 radical (unpaired) electrons. The molecule has 120 valence electrons. The Morgan fingerprint density at radius 1 is 0.958 bits per heavy atom. The van der Waals surface area contributed by atoms with Crippen LogP contribution in [0.5, 0.6) is 11.5 Å². The largest absolute Gasteiger partial charge is 0.486 e. The fourth-order valence-electron chi connectivity index (χ4n) is 2.66. The number of anilines is 1. The van der Waals surface area contributed by atoms with Crippen LogP contribution in [0, 0.1) is 0 Å². The van der Waals surface area contributed by atoms with Crippen LogP contribution < -0.4 is 19.7 Å². The van der Waals surface area contributed by atoms with E-state index in [1.807, 2.05) is 12.1 Å². The average molecular weight is 322 g/mol. The molecule has 2 heterocycles. The van der Waals surface area contributed by atoms with Crippen molar-refractivity contribution >= 4 is 23.7 Å². The molecular weight excluding hydrogens is 308 g/mol. The van der Waals surface area contributed by atoms with E-state index in [0.29, 0.717) is 30.4 Å². The molecule has 2 aliphatic heterocycles. The number of fused-ring (bicyclic) bond motifs is 1. The number of nitrogens with one attached hydrogen (secondary N) is 1. The van der Waals surface area contributed by atoms with Gasteiger partial charge in [-0.3, -0.25) is 4.79 Å². The summed E-state index contributed by atoms with van der Waals surface area (Å²) in [7, 11) is 0. The summed E-state index contributed by atoms with van der Waals surface area (Å²) in [5.74, 6) is 0.921. The summed E-state index contributed by atoms with van der Waals surface area (Å²) in [6, 6.07) is 13.7. The van der Waals surface area contributed by atoms with Crippen molar-refractivity contribution in [1.29, 1.82) is 0 Å². The fourth-order valence-corrected chi connectivity index (χ4v) is 2.66. The molecule has 6 heteroatoms. The number of nitrogens with zero attached hydrogens (tertiary/aromatic N) is 1. The van der Waals surface area contributed by atoms with Crippen LogP contribution in [0.15, 0.2) is 54.2 Å². The van der Waals surface area contributed by atoms with Crippen molar-refractivity contribution in [3.63, 3.8) is 0 Å². The molecule has 0 atom stereocenters. The van der Waals surface area contributed by atoms with Crippen LogP contribution in [0.4, 0.5) is 10.5 Å². The summed E-state index contributed by atoms with van der Waals surface area (Å²) in [6.45, 7) is 1.01. The summed E-state index contributed by atoms with van der Waals surface area (Å²) in [4.78, 5) is 25.8. The molecule has 1 saturated heterocycles. The monoisotopic (exact) mass is 322 g/mol. The molecule has 2 aromatic carbocycles. The third-order valence-electron chi connectivity index (χ3n) is 3.77. The molecule has 2 aromatic rings. The van der Waals surface area contributed by atoms with Crippen LogP contribution in [0.25, 0.3) is 6.08 Å². The number of rotatable bonds is 2. The standard InChI is InChI=1S/C18H14N2O4/c21-17-14(19-18(22)20(17)13-4-2-1-3-5-13)10-12-6-7-15-16(11-12)24-9-8-23-15/h1-7,10-11H,8-9H2,(H,19,22). The van der Waals surface area contributed by atoms with Gasteiger partial charge in [-0.15, -0.1) is 0 Å². The summed E-state index contributed by atoms with van der Waals surface area (Å²) >= 11 is 0. The number of carbonyl (C=O) groups excluding carboxylic acids is 2. The molecule has 0 saturated carbocycles. The molecular formula is C18H14N2O4. The van der Waals surface area contributed by atoms with Crippen LogP contribution in [0.1, 0.15) is 5.56 Å². The molecule has 0 bridgehead atoms. The number of hydrogen-bond donors (Lipinski definition) is 1. The lowest BCUT2D eigenvalue weighted by Crippen LogP contribution is -2.30. The van der Waals surface area contributed by atoms with E-state index in [0.717, 1.165) is 10.5 Å². The zero-order valence-electron chi connectivity index (χ0n) is 12.7. The van der Waals surface area contributed by atoms with Gasteiger partial charge in [0.25, 0.3) is 5.91 Å². The van der Waals surface area contributed by atoms with Gasteiger partial charge in [-0.2, -0.15) is 0 Å². The molecule has 0 aromatic heterocycles. The van der Waals surface area contributed by atoms with Gasteiger partial charge in [0.15, 0.2) is 11.5 Å². The number of urea groups is 1. The highest BCUT2D eigenvalue weighted by molar-refractivity contribution is 6.28. The zero-order chi connectivity index (χ0) is 16.5. The van der Waals surface area contributed by atoms with Gasteiger partial charge in [0.2, 0.25) is 0 Å². The number of hydrogen-bond acceptors (Lipinski definition) is 4.